The number of imide groups is 1. The maximum Gasteiger partial charge on any atom is 0.233 e. The molecule has 2 aliphatic rings. The van der Waals surface area contributed by atoms with E-state index in [1.807, 2.05) is 43.3 Å². The molecule has 1 saturated heterocycles. The monoisotopic (exact) mass is 255 g/mol. The molecule has 0 bridgehead atoms. The summed E-state index contributed by atoms with van der Waals surface area (Å²) < 4.78 is 0. The minimum Gasteiger partial charge on any atom is -0.278 e. The highest BCUT2D eigenvalue weighted by Gasteiger charge is 2.46. The van der Waals surface area contributed by atoms with Gasteiger partial charge in [0, 0.05) is 0 Å². The van der Waals surface area contributed by atoms with E-state index < -0.39 is 0 Å². The Hall–Kier alpha value is -1.90. The van der Waals surface area contributed by atoms with Crippen molar-refractivity contribution in [2.24, 2.45) is 11.8 Å². The lowest BCUT2D eigenvalue weighted by atomic mass is 9.85. The number of nitrogens with zero attached hydrogens (tertiary/aromatic N) is 1. The summed E-state index contributed by atoms with van der Waals surface area (Å²) in [6.07, 6.45) is 5.45. The third-order valence-corrected chi connectivity index (χ3v) is 4.06. The first-order chi connectivity index (χ1) is 9.16. The molecule has 0 N–H and O–H groups in total. The molecule has 1 aromatic carbocycles. The molecule has 1 aliphatic carbocycles. The van der Waals surface area contributed by atoms with Gasteiger partial charge in [0.05, 0.1) is 18.4 Å². The number of benzene rings is 1. The van der Waals surface area contributed by atoms with Gasteiger partial charge in [-0.25, -0.2) is 0 Å². The Balaban J connectivity index is 1.80. The van der Waals surface area contributed by atoms with Crippen molar-refractivity contribution in [1.29, 1.82) is 0 Å². The first kappa shape index (κ1) is 12.2. The third-order valence-electron chi connectivity index (χ3n) is 4.06. The number of likely N-dealkylation sites (tertiary alicyclic amines) is 1. The van der Waals surface area contributed by atoms with Gasteiger partial charge in [-0.15, -0.1) is 0 Å². The highest BCUT2D eigenvalue weighted by molar-refractivity contribution is 6.05. The fourth-order valence-corrected chi connectivity index (χ4v) is 2.90. The van der Waals surface area contributed by atoms with Gasteiger partial charge < -0.3 is 0 Å². The molecule has 3 heteroatoms. The lowest BCUT2D eigenvalue weighted by Crippen LogP contribution is -2.30. The zero-order chi connectivity index (χ0) is 13.4. The smallest absolute Gasteiger partial charge is 0.233 e. The van der Waals surface area contributed by atoms with Crippen LogP contribution in [0.5, 0.6) is 0 Å². The molecule has 3 nitrogen and oxygen atoms in total. The Kier molecular flexibility index (Phi) is 2.97. The second kappa shape index (κ2) is 4.65. The fraction of sp³-hybridized carbons (Fsp3) is 0.375. The van der Waals surface area contributed by atoms with Crippen LogP contribution in [0.2, 0.25) is 0 Å². The first-order valence-electron chi connectivity index (χ1n) is 6.72. The predicted molar refractivity (Wildman–Crippen MR) is 72.1 cm³/mol. The highest BCUT2D eigenvalue weighted by atomic mass is 16.2. The molecule has 2 atom stereocenters. The van der Waals surface area contributed by atoms with Crippen molar-refractivity contribution in [3.05, 3.63) is 47.5 Å². The predicted octanol–water partition coefficient (Wildman–Crippen LogP) is 2.45. The summed E-state index contributed by atoms with van der Waals surface area (Å²) >= 11 is 0. The average Bonchev–Trinajstić information content (AvgIpc) is 2.67. The van der Waals surface area contributed by atoms with Gasteiger partial charge in [0.25, 0.3) is 0 Å². The largest absolute Gasteiger partial charge is 0.278 e. The third kappa shape index (κ3) is 2.09. The molecule has 3 rings (SSSR count). The van der Waals surface area contributed by atoms with Crippen LogP contribution in [0.4, 0.5) is 0 Å². The summed E-state index contributed by atoms with van der Waals surface area (Å²) in [7, 11) is 0. The zero-order valence-electron chi connectivity index (χ0n) is 11.0. The number of carbonyl (C=O) groups excluding carboxylic acids is 2. The fourth-order valence-electron chi connectivity index (χ4n) is 2.90. The van der Waals surface area contributed by atoms with Gasteiger partial charge in [-0.1, -0.05) is 42.0 Å². The normalized spacial score (nSPS) is 25.8. The number of hydrogen-bond donors (Lipinski definition) is 0. The van der Waals surface area contributed by atoms with E-state index in [2.05, 4.69) is 0 Å². The molecular formula is C16H17NO2. The number of hydrogen-bond acceptors (Lipinski definition) is 2. The minimum atomic E-state index is -0.122. The van der Waals surface area contributed by atoms with Crippen LogP contribution in [0.1, 0.15) is 24.0 Å². The lowest BCUT2D eigenvalue weighted by molar-refractivity contribution is -0.140. The van der Waals surface area contributed by atoms with E-state index in [-0.39, 0.29) is 23.7 Å². The summed E-state index contributed by atoms with van der Waals surface area (Å²) in [5, 5.41) is 0. The van der Waals surface area contributed by atoms with Crippen LogP contribution in [-0.2, 0) is 16.1 Å². The van der Waals surface area contributed by atoms with Gasteiger partial charge in [-0.2, -0.15) is 0 Å². The van der Waals surface area contributed by atoms with Crippen LogP contribution in [0, 0.1) is 18.8 Å². The van der Waals surface area contributed by atoms with E-state index in [9.17, 15) is 9.59 Å². The van der Waals surface area contributed by atoms with Crippen LogP contribution in [0.15, 0.2) is 36.4 Å². The van der Waals surface area contributed by atoms with E-state index in [0.29, 0.717) is 19.4 Å². The van der Waals surface area contributed by atoms with Crippen LogP contribution >= 0.6 is 0 Å². The highest BCUT2D eigenvalue weighted by Crippen LogP contribution is 2.35. The summed E-state index contributed by atoms with van der Waals surface area (Å²) in [6.45, 7) is 2.43. The molecule has 1 fully saturated rings. The number of aryl methyl sites for hydroxylation is 1. The van der Waals surface area contributed by atoms with Gasteiger partial charge in [0.1, 0.15) is 0 Å². The second-order valence-corrected chi connectivity index (χ2v) is 5.40. The summed E-state index contributed by atoms with van der Waals surface area (Å²) in [5.41, 5.74) is 2.19. The summed E-state index contributed by atoms with van der Waals surface area (Å²) in [6, 6.07) is 7.98. The van der Waals surface area contributed by atoms with Gasteiger partial charge in [-0.05, 0) is 25.3 Å². The number of carbonyl (C=O) groups is 2. The molecule has 0 aromatic heterocycles. The molecule has 0 unspecified atom stereocenters. The Morgan fingerprint density at radius 3 is 2.05 bits per heavy atom. The number of allylic oxidation sites excluding steroid dienone is 2. The van der Waals surface area contributed by atoms with E-state index in [0.717, 1.165) is 5.56 Å². The van der Waals surface area contributed by atoms with Crippen LogP contribution in [0.25, 0.3) is 0 Å². The van der Waals surface area contributed by atoms with Gasteiger partial charge >= 0.3 is 0 Å². The van der Waals surface area contributed by atoms with Gasteiger partial charge in [0.15, 0.2) is 0 Å². The minimum absolute atomic E-state index is 0.0000694. The topological polar surface area (TPSA) is 37.4 Å². The van der Waals surface area contributed by atoms with Crippen molar-refractivity contribution < 1.29 is 9.59 Å². The maximum atomic E-state index is 12.3. The van der Waals surface area contributed by atoms with Crippen LogP contribution in [-0.4, -0.2) is 16.7 Å². The molecule has 2 amide bonds. The second-order valence-electron chi connectivity index (χ2n) is 5.40. The number of rotatable bonds is 2. The Morgan fingerprint density at radius 1 is 1.00 bits per heavy atom. The quantitative estimate of drug-likeness (QED) is 0.601. The Labute approximate surface area is 112 Å². The zero-order valence-corrected chi connectivity index (χ0v) is 11.0. The standard InChI is InChI=1S/C16H17NO2/c1-11-6-8-12(9-7-11)10-17-15(18)13-4-2-3-5-14(13)16(17)19/h2-3,6-9,13-14H,4-5,10H2,1H3/t13-,14-/m1/s1. The van der Waals surface area contributed by atoms with E-state index in [1.165, 1.54) is 10.5 Å². The van der Waals surface area contributed by atoms with Gasteiger partial charge in [0.2, 0.25) is 11.8 Å². The van der Waals surface area contributed by atoms with Crippen molar-refractivity contribution in [1.82, 2.24) is 4.90 Å². The lowest BCUT2D eigenvalue weighted by Gasteiger charge is -2.14. The Bertz CT molecular complexity index is 518. The average molecular weight is 255 g/mol. The SMILES string of the molecule is Cc1ccc(CN2C(=O)[C@@H]3CC=CC[C@H]3C2=O)cc1. The number of amides is 2. The molecule has 0 spiro atoms. The van der Waals surface area contributed by atoms with Crippen molar-refractivity contribution >= 4 is 11.8 Å². The first-order valence-corrected chi connectivity index (χ1v) is 6.72. The molecule has 1 aliphatic heterocycles. The van der Waals surface area contributed by atoms with Crippen LogP contribution in [0.3, 0.4) is 0 Å². The number of fused-ring (bicyclic) bond motifs is 1. The Morgan fingerprint density at radius 2 is 1.53 bits per heavy atom. The summed E-state index contributed by atoms with van der Waals surface area (Å²) in [5.74, 6) is -0.245. The van der Waals surface area contributed by atoms with Gasteiger partial charge in [-0.3, -0.25) is 14.5 Å². The van der Waals surface area contributed by atoms with Crippen molar-refractivity contribution in [3.63, 3.8) is 0 Å². The van der Waals surface area contributed by atoms with Crippen molar-refractivity contribution in [2.75, 3.05) is 0 Å². The molecular weight excluding hydrogens is 238 g/mol. The summed E-state index contributed by atoms with van der Waals surface area (Å²) in [4.78, 5) is 26.0. The molecule has 0 radical (unpaired) electrons. The van der Waals surface area contributed by atoms with Crippen molar-refractivity contribution in [3.8, 4) is 0 Å². The van der Waals surface area contributed by atoms with E-state index >= 15 is 0 Å². The molecule has 19 heavy (non-hydrogen) atoms. The maximum absolute atomic E-state index is 12.3. The van der Waals surface area contributed by atoms with Crippen LogP contribution < -0.4 is 0 Å². The molecule has 0 saturated carbocycles. The van der Waals surface area contributed by atoms with Crippen molar-refractivity contribution in [2.45, 2.75) is 26.3 Å². The van der Waals surface area contributed by atoms with E-state index in [4.69, 9.17) is 0 Å². The van der Waals surface area contributed by atoms with E-state index in [1.54, 1.807) is 0 Å². The molecule has 98 valence electrons. The molecule has 1 heterocycles. The molecule has 1 aromatic rings.